The molecule has 1 amide bonds. The summed E-state index contributed by atoms with van der Waals surface area (Å²) in [4.78, 5) is 12.4. The Morgan fingerprint density at radius 2 is 1.45 bits per heavy atom. The van der Waals surface area contributed by atoms with E-state index >= 15 is 0 Å². The fourth-order valence-corrected chi connectivity index (χ4v) is 4.72. The lowest BCUT2D eigenvalue weighted by atomic mass is 9.90. The molecule has 0 saturated carbocycles. The topological polar surface area (TPSA) is 29.1 Å². The molecule has 1 aromatic rings. The minimum atomic E-state index is 0. The van der Waals surface area contributed by atoms with E-state index in [0.717, 1.165) is 19.5 Å². The number of nitrogens with one attached hydrogen (secondary N) is 1. The van der Waals surface area contributed by atoms with E-state index in [2.05, 4.69) is 44.5 Å². The van der Waals surface area contributed by atoms with Gasteiger partial charge in [-0.3, -0.25) is 4.79 Å². The van der Waals surface area contributed by atoms with Crippen molar-refractivity contribution in [3.05, 3.63) is 34.9 Å². The summed E-state index contributed by atoms with van der Waals surface area (Å²) in [5, 5.41) is 3.15. The Morgan fingerprint density at radius 1 is 0.871 bits per heavy atom. The Morgan fingerprint density at radius 3 is 2.10 bits per heavy atom. The number of likely N-dealkylation sites (N-methyl/N-ethyl adjacent to an activating group) is 1. The normalized spacial score (nSPS) is 13.4. The molecule has 0 aliphatic heterocycles. The standard InChI is InChI=1S/C27H46N2O.ClH/c1-4-5-6-7-8-9-10-11-12-15-20-28-27(30)23-29(2,3)22-24-18-19-25-16-13-14-17-26(25)21-24;/h18-19,21H,4-17,20,22-23H2,1-3H3;1H. The molecule has 4 heteroatoms. The van der Waals surface area contributed by atoms with Gasteiger partial charge in [0.15, 0.2) is 6.54 Å². The van der Waals surface area contributed by atoms with Crippen LogP contribution in [0.3, 0.4) is 0 Å². The Balaban J connectivity index is 0.00000480. The van der Waals surface area contributed by atoms with Gasteiger partial charge in [0.2, 0.25) is 0 Å². The van der Waals surface area contributed by atoms with Gasteiger partial charge in [-0.25, -0.2) is 0 Å². The van der Waals surface area contributed by atoms with Gasteiger partial charge in [0.25, 0.3) is 5.91 Å². The smallest absolute Gasteiger partial charge is 0.275 e. The van der Waals surface area contributed by atoms with Gasteiger partial charge < -0.3 is 22.2 Å². The summed E-state index contributed by atoms with van der Waals surface area (Å²) < 4.78 is 0.711. The molecule has 0 spiro atoms. The lowest BCUT2D eigenvalue weighted by molar-refractivity contribution is -0.895. The maximum atomic E-state index is 12.4. The zero-order valence-electron chi connectivity index (χ0n) is 20.5. The van der Waals surface area contributed by atoms with Crippen molar-refractivity contribution in [1.29, 1.82) is 0 Å². The van der Waals surface area contributed by atoms with Crippen molar-refractivity contribution >= 4 is 5.91 Å². The zero-order valence-corrected chi connectivity index (χ0v) is 21.2. The van der Waals surface area contributed by atoms with Gasteiger partial charge in [0.05, 0.1) is 14.1 Å². The quantitative estimate of drug-likeness (QED) is 0.322. The lowest BCUT2D eigenvalue weighted by Crippen LogP contribution is -3.00. The molecular weight excluding hydrogens is 404 g/mol. The number of carbonyl (C=O) groups is 1. The maximum Gasteiger partial charge on any atom is 0.275 e. The molecule has 0 atom stereocenters. The van der Waals surface area contributed by atoms with Crippen LogP contribution >= 0.6 is 0 Å². The second kappa shape index (κ2) is 15.7. The molecule has 31 heavy (non-hydrogen) atoms. The molecule has 0 aromatic heterocycles. The van der Waals surface area contributed by atoms with Crippen molar-refractivity contribution in [2.24, 2.45) is 0 Å². The monoisotopic (exact) mass is 450 g/mol. The van der Waals surface area contributed by atoms with Crippen molar-refractivity contribution < 1.29 is 21.7 Å². The molecule has 2 rings (SSSR count). The van der Waals surface area contributed by atoms with E-state index in [4.69, 9.17) is 0 Å². The molecule has 1 aliphatic carbocycles. The molecule has 1 aliphatic rings. The number of hydrogen-bond acceptors (Lipinski definition) is 1. The van der Waals surface area contributed by atoms with Gasteiger partial charge in [-0.15, -0.1) is 0 Å². The number of rotatable bonds is 15. The highest BCUT2D eigenvalue weighted by molar-refractivity contribution is 5.77. The molecule has 1 aromatic carbocycles. The number of aryl methyl sites for hydroxylation is 2. The first-order valence-electron chi connectivity index (χ1n) is 12.7. The van der Waals surface area contributed by atoms with E-state index in [-0.39, 0.29) is 18.3 Å². The van der Waals surface area contributed by atoms with Crippen LogP contribution in [0.25, 0.3) is 0 Å². The molecule has 0 bridgehead atoms. The molecule has 0 saturated heterocycles. The van der Waals surface area contributed by atoms with Crippen molar-refractivity contribution in [1.82, 2.24) is 5.32 Å². The second-order valence-electron chi connectivity index (χ2n) is 10.1. The summed E-state index contributed by atoms with van der Waals surface area (Å²) in [7, 11) is 4.33. The first-order valence-corrected chi connectivity index (χ1v) is 12.7. The van der Waals surface area contributed by atoms with Gasteiger partial charge in [-0.05, 0) is 49.3 Å². The van der Waals surface area contributed by atoms with E-state index in [1.165, 1.54) is 100 Å². The van der Waals surface area contributed by atoms with E-state index in [0.29, 0.717) is 11.0 Å². The highest BCUT2D eigenvalue weighted by atomic mass is 35.5. The average molecular weight is 451 g/mol. The largest absolute Gasteiger partial charge is 1.00 e. The molecule has 0 radical (unpaired) electrons. The van der Waals surface area contributed by atoms with Crippen LogP contribution in [-0.4, -0.2) is 37.6 Å². The Bertz CT molecular complexity index is 630. The van der Waals surface area contributed by atoms with Crippen LogP contribution < -0.4 is 17.7 Å². The van der Waals surface area contributed by atoms with Crippen LogP contribution in [-0.2, 0) is 24.2 Å². The summed E-state index contributed by atoms with van der Waals surface area (Å²) in [6, 6.07) is 6.97. The van der Waals surface area contributed by atoms with Crippen LogP contribution in [0.2, 0.25) is 0 Å². The van der Waals surface area contributed by atoms with Gasteiger partial charge in [-0.2, -0.15) is 0 Å². The van der Waals surface area contributed by atoms with Gasteiger partial charge in [0.1, 0.15) is 6.54 Å². The number of quaternary nitrogens is 1. The number of nitrogens with zero attached hydrogens (tertiary/aromatic N) is 1. The summed E-state index contributed by atoms with van der Waals surface area (Å²) >= 11 is 0. The second-order valence-corrected chi connectivity index (χ2v) is 10.1. The summed E-state index contributed by atoms with van der Waals surface area (Å²) in [5.74, 6) is 0.189. The first kappa shape index (κ1) is 28.0. The minimum absolute atomic E-state index is 0. The van der Waals surface area contributed by atoms with Gasteiger partial charge in [-0.1, -0.05) is 76.8 Å². The van der Waals surface area contributed by atoms with Crippen LogP contribution in [0.5, 0.6) is 0 Å². The van der Waals surface area contributed by atoms with Crippen molar-refractivity contribution in [3.8, 4) is 0 Å². The van der Waals surface area contributed by atoms with Crippen molar-refractivity contribution in [3.63, 3.8) is 0 Å². The number of fused-ring (bicyclic) bond motifs is 1. The van der Waals surface area contributed by atoms with E-state index in [1.54, 1.807) is 0 Å². The zero-order chi connectivity index (χ0) is 21.7. The van der Waals surface area contributed by atoms with Gasteiger partial charge >= 0.3 is 0 Å². The van der Waals surface area contributed by atoms with Crippen LogP contribution in [0.15, 0.2) is 18.2 Å². The van der Waals surface area contributed by atoms with Crippen LogP contribution in [0.4, 0.5) is 0 Å². The third-order valence-corrected chi connectivity index (χ3v) is 6.45. The van der Waals surface area contributed by atoms with E-state index in [9.17, 15) is 4.79 Å². The predicted molar refractivity (Wildman–Crippen MR) is 129 cm³/mol. The molecule has 178 valence electrons. The minimum Gasteiger partial charge on any atom is -1.00 e. The van der Waals surface area contributed by atoms with Crippen molar-refractivity contribution in [2.45, 2.75) is 103 Å². The maximum absolute atomic E-state index is 12.4. The SMILES string of the molecule is CCCCCCCCCCCCNC(=O)C[N+](C)(C)Cc1ccc2c(c1)CCCC2.[Cl-]. The molecule has 0 heterocycles. The molecule has 0 fully saturated rings. The predicted octanol–water partition coefficient (Wildman–Crippen LogP) is 3.18. The number of unbranched alkanes of at least 4 members (excludes halogenated alkanes) is 9. The molecular formula is C27H47ClN2O. The fraction of sp³-hybridized carbons (Fsp3) is 0.741. The number of hydrogen-bond donors (Lipinski definition) is 1. The Kier molecular flexibility index (Phi) is 14.2. The van der Waals surface area contributed by atoms with Gasteiger partial charge in [0, 0.05) is 12.1 Å². The third-order valence-electron chi connectivity index (χ3n) is 6.45. The average Bonchev–Trinajstić information content (AvgIpc) is 2.71. The van der Waals surface area contributed by atoms with E-state index in [1.807, 2.05) is 0 Å². The number of carbonyl (C=O) groups excluding carboxylic acids is 1. The van der Waals surface area contributed by atoms with Crippen LogP contribution in [0.1, 0.15) is 101 Å². The third kappa shape index (κ3) is 11.9. The first-order chi connectivity index (χ1) is 14.5. The number of benzene rings is 1. The Labute approximate surface area is 198 Å². The van der Waals surface area contributed by atoms with Crippen molar-refractivity contribution in [2.75, 3.05) is 27.2 Å². The fourth-order valence-electron chi connectivity index (χ4n) is 4.72. The summed E-state index contributed by atoms with van der Waals surface area (Å²) in [6.07, 6.45) is 18.4. The number of halogens is 1. The molecule has 3 nitrogen and oxygen atoms in total. The van der Waals surface area contributed by atoms with Crippen LogP contribution in [0, 0.1) is 0 Å². The highest BCUT2D eigenvalue weighted by Crippen LogP contribution is 2.23. The molecule has 0 unspecified atom stereocenters. The number of amides is 1. The highest BCUT2D eigenvalue weighted by Gasteiger charge is 2.21. The molecule has 1 N–H and O–H groups in total. The van der Waals surface area contributed by atoms with E-state index < -0.39 is 0 Å². The lowest BCUT2D eigenvalue weighted by Gasteiger charge is -2.29. The summed E-state index contributed by atoms with van der Waals surface area (Å²) in [6.45, 7) is 4.57. The summed E-state index contributed by atoms with van der Waals surface area (Å²) in [5.41, 5.74) is 4.43. The Hall–Kier alpha value is -1.06.